The van der Waals surface area contributed by atoms with Crippen molar-refractivity contribution in [3.8, 4) is 11.3 Å². The average molecular weight is 330 g/mol. The van der Waals surface area contributed by atoms with Crippen LogP contribution in [0.3, 0.4) is 0 Å². The van der Waals surface area contributed by atoms with Gasteiger partial charge in [-0.3, -0.25) is 9.89 Å². The number of carbonyl (C=O) groups is 1. The van der Waals surface area contributed by atoms with Crippen LogP contribution >= 0.6 is 0 Å². The van der Waals surface area contributed by atoms with E-state index >= 15 is 0 Å². The van der Waals surface area contributed by atoms with Crippen molar-refractivity contribution >= 4 is 16.8 Å². The first-order valence-corrected chi connectivity index (χ1v) is 8.15. The lowest BCUT2D eigenvalue weighted by molar-refractivity contribution is 0.0947. The first-order chi connectivity index (χ1) is 12.2. The molecular weight excluding hydrogens is 312 g/mol. The van der Waals surface area contributed by atoms with Gasteiger partial charge in [0, 0.05) is 23.6 Å². The van der Waals surface area contributed by atoms with Crippen LogP contribution in [-0.2, 0) is 6.54 Å². The number of hydrogen-bond acceptors (Lipinski definition) is 2. The number of nitrogens with zero attached hydrogens (tertiary/aromatic N) is 1. The third kappa shape index (κ3) is 3.17. The molecule has 0 fully saturated rings. The van der Waals surface area contributed by atoms with Crippen molar-refractivity contribution in [1.82, 2.24) is 20.5 Å². The van der Waals surface area contributed by atoms with E-state index in [1.54, 1.807) is 6.20 Å². The van der Waals surface area contributed by atoms with Crippen molar-refractivity contribution in [1.29, 1.82) is 0 Å². The van der Waals surface area contributed by atoms with E-state index in [0.29, 0.717) is 12.2 Å². The van der Waals surface area contributed by atoms with Gasteiger partial charge in [-0.25, -0.2) is 0 Å². The Kier molecular flexibility index (Phi) is 3.82. The Morgan fingerprint density at radius 3 is 2.68 bits per heavy atom. The Hall–Kier alpha value is -3.34. The predicted octanol–water partition coefficient (Wildman–Crippen LogP) is 3.80. The van der Waals surface area contributed by atoms with Crippen molar-refractivity contribution in [3.05, 3.63) is 77.6 Å². The van der Waals surface area contributed by atoms with Crippen LogP contribution < -0.4 is 5.32 Å². The molecule has 2 aromatic heterocycles. The summed E-state index contributed by atoms with van der Waals surface area (Å²) in [5, 5.41) is 10.9. The Labute approximate surface area is 145 Å². The molecule has 0 saturated carbocycles. The summed E-state index contributed by atoms with van der Waals surface area (Å²) in [5.74, 6) is -0.105. The second kappa shape index (κ2) is 6.28. The maximum Gasteiger partial charge on any atom is 0.267 e. The van der Waals surface area contributed by atoms with Gasteiger partial charge >= 0.3 is 0 Å². The van der Waals surface area contributed by atoms with E-state index in [0.717, 1.165) is 27.7 Å². The summed E-state index contributed by atoms with van der Waals surface area (Å²) in [5.41, 5.74) is 5.81. The van der Waals surface area contributed by atoms with Crippen LogP contribution in [0.4, 0.5) is 0 Å². The number of rotatable bonds is 4. The number of aromatic amines is 2. The minimum absolute atomic E-state index is 0.105. The molecular formula is C20H18N4O. The van der Waals surface area contributed by atoms with Crippen LogP contribution in [0.2, 0.25) is 0 Å². The van der Waals surface area contributed by atoms with Crippen molar-refractivity contribution < 1.29 is 4.79 Å². The van der Waals surface area contributed by atoms with Gasteiger partial charge in [0.25, 0.3) is 5.91 Å². The normalized spacial score (nSPS) is 10.9. The zero-order valence-corrected chi connectivity index (χ0v) is 13.8. The van der Waals surface area contributed by atoms with Crippen LogP contribution in [0.1, 0.15) is 21.6 Å². The summed E-state index contributed by atoms with van der Waals surface area (Å²) in [7, 11) is 0. The Morgan fingerprint density at radius 1 is 1.08 bits per heavy atom. The zero-order valence-electron chi connectivity index (χ0n) is 13.8. The van der Waals surface area contributed by atoms with E-state index in [-0.39, 0.29) is 5.91 Å². The van der Waals surface area contributed by atoms with E-state index in [9.17, 15) is 4.79 Å². The molecule has 1 amide bonds. The summed E-state index contributed by atoms with van der Waals surface area (Å²) in [6.07, 6.45) is 1.73. The lowest BCUT2D eigenvalue weighted by atomic mass is 10.1. The lowest BCUT2D eigenvalue weighted by Gasteiger charge is -2.05. The number of hydrogen-bond donors (Lipinski definition) is 3. The van der Waals surface area contributed by atoms with Gasteiger partial charge in [0.2, 0.25) is 0 Å². The molecule has 0 aliphatic rings. The van der Waals surface area contributed by atoms with Crippen LogP contribution in [0.25, 0.3) is 22.2 Å². The molecule has 2 heterocycles. The summed E-state index contributed by atoms with van der Waals surface area (Å²) in [6, 6.07) is 17.9. The highest BCUT2D eigenvalue weighted by molar-refractivity contribution is 5.98. The van der Waals surface area contributed by atoms with E-state index in [1.807, 2.05) is 61.5 Å². The molecule has 3 N–H and O–H groups in total. The second-order valence-corrected chi connectivity index (χ2v) is 6.12. The first kappa shape index (κ1) is 15.2. The Morgan fingerprint density at radius 2 is 1.92 bits per heavy atom. The van der Waals surface area contributed by atoms with E-state index < -0.39 is 0 Å². The number of aromatic nitrogens is 3. The molecule has 0 unspecified atom stereocenters. The molecule has 4 aromatic rings. The van der Waals surface area contributed by atoms with Gasteiger partial charge in [0.05, 0.1) is 5.69 Å². The molecule has 124 valence electrons. The molecule has 4 rings (SSSR count). The summed E-state index contributed by atoms with van der Waals surface area (Å²) < 4.78 is 0. The van der Waals surface area contributed by atoms with E-state index in [1.165, 1.54) is 5.56 Å². The quantitative estimate of drug-likeness (QED) is 0.532. The maximum atomic E-state index is 12.4. The fourth-order valence-electron chi connectivity index (χ4n) is 2.86. The second-order valence-electron chi connectivity index (χ2n) is 6.12. The van der Waals surface area contributed by atoms with Gasteiger partial charge in [0.15, 0.2) is 0 Å². The Balaban J connectivity index is 1.44. The number of nitrogens with one attached hydrogen (secondary N) is 3. The summed E-state index contributed by atoms with van der Waals surface area (Å²) in [6.45, 7) is 2.52. The molecule has 0 aliphatic carbocycles. The highest BCUT2D eigenvalue weighted by atomic mass is 16.1. The van der Waals surface area contributed by atoms with E-state index in [4.69, 9.17) is 0 Å². The third-order valence-electron chi connectivity index (χ3n) is 4.24. The fourth-order valence-corrected chi connectivity index (χ4v) is 2.86. The minimum atomic E-state index is -0.105. The summed E-state index contributed by atoms with van der Waals surface area (Å²) >= 11 is 0. The zero-order chi connectivity index (χ0) is 17.2. The maximum absolute atomic E-state index is 12.4. The van der Waals surface area contributed by atoms with Crippen LogP contribution in [-0.4, -0.2) is 21.1 Å². The molecule has 0 spiro atoms. The van der Waals surface area contributed by atoms with Gasteiger partial charge in [-0.1, -0.05) is 36.4 Å². The number of H-pyrrole nitrogens is 2. The monoisotopic (exact) mass is 330 g/mol. The molecule has 5 heteroatoms. The number of amides is 1. The van der Waals surface area contributed by atoms with Crippen LogP contribution in [0.15, 0.2) is 60.8 Å². The van der Waals surface area contributed by atoms with Gasteiger partial charge in [-0.2, -0.15) is 5.10 Å². The van der Waals surface area contributed by atoms with Crippen molar-refractivity contribution in [2.45, 2.75) is 13.5 Å². The minimum Gasteiger partial charge on any atom is -0.351 e. The predicted molar refractivity (Wildman–Crippen MR) is 98.2 cm³/mol. The molecule has 25 heavy (non-hydrogen) atoms. The van der Waals surface area contributed by atoms with Gasteiger partial charge in [0.1, 0.15) is 5.69 Å². The van der Waals surface area contributed by atoms with Crippen LogP contribution in [0.5, 0.6) is 0 Å². The Bertz CT molecular complexity index is 1010. The average Bonchev–Trinajstić information content (AvgIpc) is 3.29. The smallest absolute Gasteiger partial charge is 0.267 e. The number of benzene rings is 2. The van der Waals surface area contributed by atoms with Crippen molar-refractivity contribution in [2.24, 2.45) is 0 Å². The van der Waals surface area contributed by atoms with Crippen molar-refractivity contribution in [3.63, 3.8) is 0 Å². The topological polar surface area (TPSA) is 73.6 Å². The summed E-state index contributed by atoms with van der Waals surface area (Å²) in [4.78, 5) is 15.5. The molecule has 0 aliphatic heterocycles. The fraction of sp³-hybridized carbons (Fsp3) is 0.100. The third-order valence-corrected chi connectivity index (χ3v) is 4.24. The molecule has 0 atom stereocenters. The highest BCUT2D eigenvalue weighted by Crippen LogP contribution is 2.18. The SMILES string of the molecule is Cc1ccc2cc(C(=O)NCc3ccc(-c4ccn[nH]4)cc3)[nH]c2c1. The van der Waals surface area contributed by atoms with Gasteiger partial charge < -0.3 is 10.3 Å². The highest BCUT2D eigenvalue weighted by Gasteiger charge is 2.09. The largest absolute Gasteiger partial charge is 0.351 e. The lowest BCUT2D eigenvalue weighted by Crippen LogP contribution is -2.23. The van der Waals surface area contributed by atoms with Crippen LogP contribution in [0, 0.1) is 6.92 Å². The number of fused-ring (bicyclic) bond motifs is 1. The number of aryl methyl sites for hydroxylation is 1. The van der Waals surface area contributed by atoms with Gasteiger partial charge in [-0.15, -0.1) is 0 Å². The molecule has 5 nitrogen and oxygen atoms in total. The van der Waals surface area contributed by atoms with Crippen molar-refractivity contribution in [2.75, 3.05) is 0 Å². The molecule has 0 saturated heterocycles. The van der Waals surface area contributed by atoms with E-state index in [2.05, 4.69) is 20.5 Å². The first-order valence-electron chi connectivity index (χ1n) is 8.15. The molecule has 0 bridgehead atoms. The number of carbonyl (C=O) groups excluding carboxylic acids is 1. The standard InChI is InChI=1S/C20H18N4O/c1-13-2-5-16-11-19(23-18(16)10-13)20(25)21-12-14-3-6-15(7-4-14)17-8-9-22-24-17/h2-11,23H,12H2,1H3,(H,21,25)(H,22,24). The molecule has 0 radical (unpaired) electrons. The van der Waals surface area contributed by atoms with Gasteiger partial charge in [-0.05, 0) is 41.8 Å². The molecule has 2 aromatic carbocycles.